The molecule has 0 N–H and O–H groups in total. The smallest absolute Gasteiger partial charge is 0.272 e. The van der Waals surface area contributed by atoms with E-state index in [2.05, 4.69) is 5.10 Å². The molecule has 0 spiro atoms. The normalized spacial score (nSPS) is 16.5. The number of carbonyl (C=O) groups excluding carboxylic acids is 1. The maximum Gasteiger partial charge on any atom is 0.272 e. The standard InChI is InChI=1S/C10H15N3O2S/c1-12-8(7-9(11-12)16-2)10(14)13-3-5-15-6-4-13/h7H,3-6H2,1-2H3. The van der Waals surface area contributed by atoms with E-state index in [0.717, 1.165) is 5.03 Å². The van der Waals surface area contributed by atoms with Crippen LogP contribution in [0, 0.1) is 0 Å². The highest BCUT2D eigenvalue weighted by Crippen LogP contribution is 2.15. The summed E-state index contributed by atoms with van der Waals surface area (Å²) in [5.74, 6) is 0.0404. The summed E-state index contributed by atoms with van der Waals surface area (Å²) in [6, 6.07) is 1.84. The lowest BCUT2D eigenvalue weighted by atomic mass is 10.3. The molecule has 0 unspecified atom stereocenters. The Labute approximate surface area is 98.7 Å². The number of carbonyl (C=O) groups is 1. The topological polar surface area (TPSA) is 47.4 Å². The van der Waals surface area contributed by atoms with E-state index in [1.165, 1.54) is 0 Å². The van der Waals surface area contributed by atoms with Crippen LogP contribution in [-0.4, -0.2) is 53.1 Å². The van der Waals surface area contributed by atoms with Crippen LogP contribution in [0.5, 0.6) is 0 Å². The van der Waals surface area contributed by atoms with E-state index in [0.29, 0.717) is 32.0 Å². The molecule has 6 heteroatoms. The van der Waals surface area contributed by atoms with Crippen molar-refractivity contribution < 1.29 is 9.53 Å². The molecule has 1 amide bonds. The number of hydrogen-bond acceptors (Lipinski definition) is 4. The van der Waals surface area contributed by atoms with Crippen LogP contribution in [0.1, 0.15) is 10.5 Å². The van der Waals surface area contributed by atoms with Gasteiger partial charge in [-0.1, -0.05) is 0 Å². The van der Waals surface area contributed by atoms with Gasteiger partial charge in [0.05, 0.1) is 13.2 Å². The molecule has 16 heavy (non-hydrogen) atoms. The molecule has 1 aromatic rings. The second-order valence-electron chi connectivity index (χ2n) is 3.60. The Bertz CT molecular complexity index is 385. The molecule has 0 bridgehead atoms. The molecular formula is C10H15N3O2S. The average Bonchev–Trinajstić information content (AvgIpc) is 2.71. The number of morpholine rings is 1. The van der Waals surface area contributed by atoms with Crippen molar-refractivity contribution >= 4 is 17.7 Å². The molecule has 1 aromatic heterocycles. The first kappa shape index (κ1) is 11.5. The van der Waals surface area contributed by atoms with Crippen LogP contribution in [0.25, 0.3) is 0 Å². The fourth-order valence-electron chi connectivity index (χ4n) is 1.67. The zero-order valence-electron chi connectivity index (χ0n) is 9.47. The van der Waals surface area contributed by atoms with Crippen LogP contribution in [0.3, 0.4) is 0 Å². The van der Waals surface area contributed by atoms with Crippen LogP contribution in [0.15, 0.2) is 11.1 Å². The van der Waals surface area contributed by atoms with Crippen LogP contribution in [0.2, 0.25) is 0 Å². The van der Waals surface area contributed by atoms with Gasteiger partial charge in [-0.05, 0) is 6.26 Å². The van der Waals surface area contributed by atoms with Gasteiger partial charge in [0.1, 0.15) is 10.7 Å². The van der Waals surface area contributed by atoms with Crippen molar-refractivity contribution in [3.05, 3.63) is 11.8 Å². The summed E-state index contributed by atoms with van der Waals surface area (Å²) in [5.41, 5.74) is 0.645. The third-order valence-electron chi connectivity index (χ3n) is 2.58. The van der Waals surface area contributed by atoms with Gasteiger partial charge in [-0.3, -0.25) is 9.48 Å². The second kappa shape index (κ2) is 4.88. The van der Waals surface area contributed by atoms with E-state index >= 15 is 0 Å². The van der Waals surface area contributed by atoms with Gasteiger partial charge in [-0.15, -0.1) is 11.8 Å². The first-order chi connectivity index (χ1) is 7.72. The van der Waals surface area contributed by atoms with Gasteiger partial charge >= 0.3 is 0 Å². The van der Waals surface area contributed by atoms with Gasteiger partial charge in [-0.2, -0.15) is 5.10 Å². The highest BCUT2D eigenvalue weighted by atomic mass is 32.2. The largest absolute Gasteiger partial charge is 0.378 e. The minimum Gasteiger partial charge on any atom is -0.378 e. The highest BCUT2D eigenvalue weighted by molar-refractivity contribution is 7.98. The minimum absolute atomic E-state index is 0.0404. The molecule has 0 atom stereocenters. The molecule has 1 fully saturated rings. The van der Waals surface area contributed by atoms with Gasteiger partial charge in [0.15, 0.2) is 0 Å². The number of rotatable bonds is 2. The summed E-state index contributed by atoms with van der Waals surface area (Å²) in [6.45, 7) is 2.58. The highest BCUT2D eigenvalue weighted by Gasteiger charge is 2.21. The van der Waals surface area contributed by atoms with Crippen molar-refractivity contribution in [2.45, 2.75) is 5.03 Å². The zero-order chi connectivity index (χ0) is 11.5. The van der Waals surface area contributed by atoms with Crippen molar-refractivity contribution in [3.63, 3.8) is 0 Å². The number of amides is 1. The van der Waals surface area contributed by atoms with Crippen molar-refractivity contribution in [3.8, 4) is 0 Å². The van der Waals surface area contributed by atoms with Crippen LogP contribution < -0.4 is 0 Å². The third kappa shape index (κ3) is 2.22. The summed E-state index contributed by atoms with van der Waals surface area (Å²) < 4.78 is 6.86. The van der Waals surface area contributed by atoms with Crippen LogP contribution in [-0.2, 0) is 11.8 Å². The summed E-state index contributed by atoms with van der Waals surface area (Å²) in [6.07, 6.45) is 1.95. The number of nitrogens with zero attached hydrogens (tertiary/aromatic N) is 3. The molecule has 2 heterocycles. The average molecular weight is 241 g/mol. The van der Waals surface area contributed by atoms with Crippen molar-refractivity contribution in [2.75, 3.05) is 32.6 Å². The van der Waals surface area contributed by atoms with Crippen molar-refractivity contribution in [1.29, 1.82) is 0 Å². The van der Waals surface area contributed by atoms with E-state index < -0.39 is 0 Å². The van der Waals surface area contributed by atoms with Gasteiger partial charge in [0.2, 0.25) is 0 Å². The number of ether oxygens (including phenoxy) is 1. The number of thioether (sulfide) groups is 1. The first-order valence-electron chi connectivity index (χ1n) is 5.17. The Morgan fingerprint density at radius 1 is 1.50 bits per heavy atom. The van der Waals surface area contributed by atoms with Gasteiger partial charge in [-0.25, -0.2) is 0 Å². The molecule has 1 aliphatic heterocycles. The first-order valence-corrected chi connectivity index (χ1v) is 6.40. The Morgan fingerprint density at radius 2 is 2.19 bits per heavy atom. The Morgan fingerprint density at radius 3 is 2.75 bits per heavy atom. The van der Waals surface area contributed by atoms with Crippen LogP contribution >= 0.6 is 11.8 Å². The lowest BCUT2D eigenvalue weighted by Crippen LogP contribution is -2.41. The maximum absolute atomic E-state index is 12.2. The molecule has 0 radical (unpaired) electrons. The molecule has 5 nitrogen and oxygen atoms in total. The third-order valence-corrected chi connectivity index (χ3v) is 3.20. The zero-order valence-corrected chi connectivity index (χ0v) is 10.3. The molecule has 2 rings (SSSR count). The summed E-state index contributed by atoms with van der Waals surface area (Å²) >= 11 is 1.54. The lowest BCUT2D eigenvalue weighted by Gasteiger charge is -2.26. The second-order valence-corrected chi connectivity index (χ2v) is 4.43. The Hall–Kier alpha value is -1.01. The summed E-state index contributed by atoms with van der Waals surface area (Å²) in [4.78, 5) is 14.0. The molecule has 0 saturated carbocycles. The fourth-order valence-corrected chi connectivity index (χ4v) is 2.10. The predicted molar refractivity (Wildman–Crippen MR) is 61.7 cm³/mol. The van der Waals surface area contributed by atoms with E-state index in [9.17, 15) is 4.79 Å². The van der Waals surface area contributed by atoms with E-state index in [4.69, 9.17) is 4.74 Å². The molecular weight excluding hydrogens is 226 g/mol. The van der Waals surface area contributed by atoms with E-state index in [1.807, 2.05) is 17.2 Å². The van der Waals surface area contributed by atoms with Crippen LogP contribution in [0.4, 0.5) is 0 Å². The summed E-state index contributed by atoms with van der Waals surface area (Å²) in [5, 5.41) is 5.12. The molecule has 1 aliphatic rings. The van der Waals surface area contributed by atoms with Crippen molar-refractivity contribution in [2.24, 2.45) is 7.05 Å². The fraction of sp³-hybridized carbons (Fsp3) is 0.600. The Kier molecular flexibility index (Phi) is 3.50. The molecule has 88 valence electrons. The van der Waals surface area contributed by atoms with Gasteiger partial charge in [0, 0.05) is 26.2 Å². The summed E-state index contributed by atoms with van der Waals surface area (Å²) in [7, 11) is 1.80. The monoisotopic (exact) mass is 241 g/mol. The molecule has 1 saturated heterocycles. The number of aryl methyl sites for hydroxylation is 1. The van der Waals surface area contributed by atoms with Gasteiger partial charge < -0.3 is 9.64 Å². The lowest BCUT2D eigenvalue weighted by molar-refractivity contribution is 0.0295. The Balaban J connectivity index is 2.15. The predicted octanol–water partition coefficient (Wildman–Crippen LogP) is 0.614. The van der Waals surface area contributed by atoms with Gasteiger partial charge in [0.25, 0.3) is 5.91 Å². The maximum atomic E-state index is 12.2. The van der Waals surface area contributed by atoms with Crippen molar-refractivity contribution in [1.82, 2.24) is 14.7 Å². The number of aromatic nitrogens is 2. The SMILES string of the molecule is CSc1cc(C(=O)N2CCOCC2)n(C)n1. The molecule has 0 aliphatic carbocycles. The quantitative estimate of drug-likeness (QED) is 0.712. The van der Waals surface area contributed by atoms with E-state index in [1.54, 1.807) is 23.5 Å². The number of hydrogen-bond donors (Lipinski definition) is 0. The minimum atomic E-state index is 0.0404. The molecule has 0 aromatic carbocycles. The van der Waals surface area contributed by atoms with E-state index in [-0.39, 0.29) is 5.91 Å².